The van der Waals surface area contributed by atoms with Crippen molar-refractivity contribution in [2.24, 2.45) is 23.7 Å². The molecule has 0 aromatic rings. The van der Waals surface area contributed by atoms with Crippen molar-refractivity contribution in [3.05, 3.63) is 47.6 Å². The van der Waals surface area contributed by atoms with Gasteiger partial charge in [-0.3, -0.25) is 4.79 Å². The Morgan fingerprint density at radius 2 is 1.79 bits per heavy atom. The molecule has 0 amide bonds. The van der Waals surface area contributed by atoms with E-state index >= 15 is 0 Å². The van der Waals surface area contributed by atoms with Crippen molar-refractivity contribution in [2.75, 3.05) is 13.2 Å². The van der Waals surface area contributed by atoms with Gasteiger partial charge in [0.25, 0.3) is 0 Å². The fraction of sp³-hybridized carbons (Fsp3) is 0.520. The van der Waals surface area contributed by atoms with Crippen LogP contribution in [-0.2, 0) is 33.4 Å². The zero-order valence-electron chi connectivity index (χ0n) is 19.2. The number of hydrogen-bond acceptors (Lipinski definition) is 8. The molecule has 3 aliphatic rings. The molecule has 3 rings (SSSR count). The fourth-order valence-corrected chi connectivity index (χ4v) is 5.03. The van der Waals surface area contributed by atoms with Crippen molar-refractivity contribution in [3.8, 4) is 0 Å². The fourth-order valence-electron chi connectivity index (χ4n) is 5.03. The molecule has 178 valence electrons. The molecule has 0 bridgehead atoms. The van der Waals surface area contributed by atoms with Crippen molar-refractivity contribution >= 4 is 23.7 Å². The van der Waals surface area contributed by atoms with Crippen LogP contribution >= 0.6 is 0 Å². The molecule has 0 unspecified atom stereocenters. The van der Waals surface area contributed by atoms with Gasteiger partial charge < -0.3 is 19.3 Å². The van der Waals surface area contributed by atoms with E-state index in [-0.39, 0.29) is 53.3 Å². The number of esters is 3. The number of aliphatic hydroxyl groups is 1. The van der Waals surface area contributed by atoms with Crippen molar-refractivity contribution in [1.29, 1.82) is 0 Å². The molecule has 8 heteroatoms. The van der Waals surface area contributed by atoms with Crippen LogP contribution in [0.2, 0.25) is 0 Å². The molecule has 1 saturated heterocycles. The summed E-state index contributed by atoms with van der Waals surface area (Å²) in [5.41, 5.74) is 1.19. The number of carbonyl (C=O) groups is 4. The Bertz CT molecular complexity index is 955. The lowest BCUT2D eigenvalue weighted by atomic mass is 9.79. The summed E-state index contributed by atoms with van der Waals surface area (Å²) >= 11 is 0. The van der Waals surface area contributed by atoms with Gasteiger partial charge in [0.05, 0.1) is 23.7 Å². The van der Waals surface area contributed by atoms with Crippen LogP contribution in [0.1, 0.15) is 33.6 Å². The first-order valence-electron chi connectivity index (χ1n) is 11.0. The van der Waals surface area contributed by atoms with Gasteiger partial charge in [0.2, 0.25) is 0 Å². The van der Waals surface area contributed by atoms with Crippen LogP contribution in [-0.4, -0.2) is 54.2 Å². The highest BCUT2D eigenvalue weighted by Gasteiger charge is 2.57. The Morgan fingerprint density at radius 1 is 1.12 bits per heavy atom. The largest absolute Gasteiger partial charge is 0.458 e. The Morgan fingerprint density at radius 3 is 2.39 bits per heavy atom. The third kappa shape index (κ3) is 4.57. The number of Topliss-reactive ketones (excluding diaryl/α,β-unsaturated/α-hetero) is 1. The van der Waals surface area contributed by atoms with Crippen LogP contribution in [0.15, 0.2) is 47.6 Å². The quantitative estimate of drug-likeness (QED) is 0.279. The standard InChI is InChI=1S/C25H30O8/c1-6-15(10-26)24(29)31-11-16(7-2)25(30)32-19-8-12(3)17-9-18(27)13(4)20(17)22-21(19)14(5)23(28)33-22/h6-7,13,17,19-22,26H,3,5,8-11H2,1-2,4H3/b15-6+,16-7+/t13-,17+,19-,20+,21-,22-/m1/s1. The number of ketones is 1. The predicted octanol–water partition coefficient (Wildman–Crippen LogP) is 2.23. The second kappa shape index (κ2) is 9.87. The number of rotatable bonds is 6. The van der Waals surface area contributed by atoms with E-state index in [1.54, 1.807) is 13.8 Å². The smallest absolute Gasteiger partial charge is 0.337 e. The maximum atomic E-state index is 12.9. The van der Waals surface area contributed by atoms with Crippen molar-refractivity contribution in [2.45, 2.75) is 45.8 Å². The molecule has 2 saturated carbocycles. The first-order valence-corrected chi connectivity index (χ1v) is 11.0. The molecule has 0 aromatic heterocycles. The van der Waals surface area contributed by atoms with Gasteiger partial charge in [0, 0.05) is 30.3 Å². The SMILES string of the molecule is C=C1C(=O)O[C@H]2[C@H]1[C@H](OC(=O)/C(=C/C)COC(=O)/C(=C/C)CO)CC(=C)[C@@H]1CC(=O)[C@@H](C)[C@H]21. The van der Waals surface area contributed by atoms with Crippen LogP contribution in [0.3, 0.4) is 0 Å². The summed E-state index contributed by atoms with van der Waals surface area (Å²) in [5, 5.41) is 9.18. The third-order valence-corrected chi connectivity index (χ3v) is 7.01. The lowest BCUT2D eigenvalue weighted by Gasteiger charge is -2.29. The van der Waals surface area contributed by atoms with Gasteiger partial charge in [-0.15, -0.1) is 0 Å². The maximum Gasteiger partial charge on any atom is 0.337 e. The first kappa shape index (κ1) is 24.6. The Balaban J connectivity index is 1.79. The highest BCUT2D eigenvalue weighted by atomic mass is 16.6. The second-order valence-electron chi connectivity index (χ2n) is 8.73. The van der Waals surface area contributed by atoms with E-state index < -0.39 is 42.6 Å². The van der Waals surface area contributed by atoms with Crippen LogP contribution in [0, 0.1) is 23.7 Å². The number of aliphatic hydroxyl groups excluding tert-OH is 1. The molecule has 0 radical (unpaired) electrons. The van der Waals surface area contributed by atoms with E-state index in [0.717, 1.165) is 5.57 Å². The molecule has 6 atom stereocenters. The van der Waals surface area contributed by atoms with Gasteiger partial charge in [-0.2, -0.15) is 0 Å². The molecular formula is C25H30O8. The zero-order chi connectivity index (χ0) is 24.4. The van der Waals surface area contributed by atoms with Crippen molar-refractivity contribution in [1.82, 2.24) is 0 Å². The average Bonchev–Trinajstić information content (AvgIpc) is 3.20. The summed E-state index contributed by atoms with van der Waals surface area (Å²) in [6.07, 6.45) is 2.13. The summed E-state index contributed by atoms with van der Waals surface area (Å²) < 4.78 is 16.5. The number of ether oxygens (including phenoxy) is 3. The minimum atomic E-state index is -0.754. The number of fused-ring (bicyclic) bond motifs is 3. The lowest BCUT2D eigenvalue weighted by molar-refractivity contribution is -0.150. The maximum absolute atomic E-state index is 12.9. The molecule has 1 N–H and O–H groups in total. The minimum Gasteiger partial charge on any atom is -0.458 e. The van der Waals surface area contributed by atoms with E-state index in [1.165, 1.54) is 12.2 Å². The van der Waals surface area contributed by atoms with Gasteiger partial charge in [-0.25, -0.2) is 14.4 Å². The second-order valence-corrected chi connectivity index (χ2v) is 8.73. The number of hydrogen-bond donors (Lipinski definition) is 1. The molecule has 0 aromatic carbocycles. The highest BCUT2D eigenvalue weighted by Crippen LogP contribution is 2.52. The normalized spacial score (nSPS) is 32.1. The minimum absolute atomic E-state index is 0.0786. The Kier molecular flexibility index (Phi) is 7.37. The predicted molar refractivity (Wildman–Crippen MR) is 117 cm³/mol. The molecule has 1 heterocycles. The van der Waals surface area contributed by atoms with Crippen molar-refractivity contribution < 1.29 is 38.5 Å². The average molecular weight is 459 g/mol. The monoisotopic (exact) mass is 458 g/mol. The molecular weight excluding hydrogens is 428 g/mol. The van der Waals surface area contributed by atoms with Crippen LogP contribution in [0.4, 0.5) is 0 Å². The van der Waals surface area contributed by atoms with E-state index in [1.807, 2.05) is 6.92 Å². The first-order chi connectivity index (χ1) is 15.6. The van der Waals surface area contributed by atoms with Gasteiger partial charge in [0.1, 0.15) is 24.6 Å². The number of allylic oxidation sites excluding steroid dienone is 2. The van der Waals surface area contributed by atoms with E-state index in [2.05, 4.69) is 13.2 Å². The van der Waals surface area contributed by atoms with Crippen molar-refractivity contribution in [3.63, 3.8) is 0 Å². The summed E-state index contributed by atoms with van der Waals surface area (Å²) in [6, 6.07) is 0. The molecule has 33 heavy (non-hydrogen) atoms. The number of carbonyl (C=O) groups excluding carboxylic acids is 4. The van der Waals surface area contributed by atoms with Gasteiger partial charge >= 0.3 is 17.9 Å². The lowest BCUT2D eigenvalue weighted by Crippen LogP contribution is -2.38. The molecule has 0 spiro atoms. The molecule has 3 fully saturated rings. The molecule has 2 aliphatic carbocycles. The molecule has 8 nitrogen and oxygen atoms in total. The topological polar surface area (TPSA) is 116 Å². The van der Waals surface area contributed by atoms with Crippen LogP contribution in [0.25, 0.3) is 0 Å². The summed E-state index contributed by atoms with van der Waals surface area (Å²) in [7, 11) is 0. The summed E-state index contributed by atoms with van der Waals surface area (Å²) in [4.78, 5) is 49.7. The van der Waals surface area contributed by atoms with E-state index in [9.17, 15) is 24.3 Å². The highest BCUT2D eigenvalue weighted by molar-refractivity contribution is 5.93. The van der Waals surface area contributed by atoms with Gasteiger partial charge in [0.15, 0.2) is 0 Å². The van der Waals surface area contributed by atoms with Crippen LogP contribution < -0.4 is 0 Å². The summed E-state index contributed by atoms with van der Waals surface area (Å²) in [6.45, 7) is 12.2. The van der Waals surface area contributed by atoms with Gasteiger partial charge in [-0.1, -0.05) is 37.8 Å². The molecule has 1 aliphatic heterocycles. The van der Waals surface area contributed by atoms with Gasteiger partial charge in [-0.05, 0) is 19.8 Å². The Labute approximate surface area is 193 Å². The van der Waals surface area contributed by atoms with E-state index in [0.29, 0.717) is 6.42 Å². The van der Waals surface area contributed by atoms with Crippen LogP contribution in [0.5, 0.6) is 0 Å². The van der Waals surface area contributed by atoms with E-state index in [4.69, 9.17) is 14.2 Å². The summed E-state index contributed by atoms with van der Waals surface area (Å²) in [5.74, 6) is -3.15. The zero-order valence-corrected chi connectivity index (χ0v) is 19.2. The Hall–Kier alpha value is -3.00. The third-order valence-electron chi connectivity index (χ3n) is 7.01.